The second kappa shape index (κ2) is 3.93. The third-order valence-electron chi connectivity index (χ3n) is 1.99. The molecule has 0 unspecified atom stereocenters. The van der Waals surface area contributed by atoms with E-state index < -0.39 is 5.91 Å². The lowest BCUT2D eigenvalue weighted by atomic mass is 10.4. The number of carbonyl (C=O) groups excluding carboxylic acids is 1. The molecule has 1 amide bonds. The number of amides is 1. The van der Waals surface area contributed by atoms with E-state index in [1.54, 1.807) is 10.9 Å². The molecule has 0 saturated carbocycles. The molecule has 0 fully saturated rings. The van der Waals surface area contributed by atoms with E-state index in [4.69, 9.17) is 11.5 Å². The van der Waals surface area contributed by atoms with Crippen molar-refractivity contribution in [1.29, 1.82) is 0 Å². The van der Waals surface area contributed by atoms with Crippen LogP contribution >= 0.6 is 11.3 Å². The number of hydrogen-bond donors (Lipinski definition) is 2. The molecule has 2 aromatic heterocycles. The van der Waals surface area contributed by atoms with Gasteiger partial charge in [-0.05, 0) is 6.92 Å². The van der Waals surface area contributed by atoms with E-state index in [2.05, 4.69) is 10.1 Å². The van der Waals surface area contributed by atoms with Gasteiger partial charge in [0.1, 0.15) is 5.01 Å². The zero-order valence-electron chi connectivity index (χ0n) is 8.67. The standard InChI is InChI=1S/C9H11N5OS/c1-5-4-16-7(12-5)3-14-2-6(10)8(13-14)9(11)15/h2,4H,3,10H2,1H3,(H2,11,15). The fraction of sp³-hybridized carbons (Fsp3) is 0.222. The summed E-state index contributed by atoms with van der Waals surface area (Å²) in [4.78, 5) is 15.2. The van der Waals surface area contributed by atoms with Gasteiger partial charge in [0.2, 0.25) is 0 Å². The summed E-state index contributed by atoms with van der Waals surface area (Å²) in [6, 6.07) is 0. The fourth-order valence-corrected chi connectivity index (χ4v) is 2.09. The second-order valence-corrected chi connectivity index (χ2v) is 4.32. The number of nitrogens with two attached hydrogens (primary N) is 2. The van der Waals surface area contributed by atoms with Crippen molar-refractivity contribution in [2.24, 2.45) is 5.73 Å². The number of anilines is 1. The summed E-state index contributed by atoms with van der Waals surface area (Å²) in [5, 5.41) is 6.87. The lowest BCUT2D eigenvalue weighted by Crippen LogP contribution is -2.14. The highest BCUT2D eigenvalue weighted by molar-refractivity contribution is 7.09. The number of nitrogens with zero attached hydrogens (tertiary/aromatic N) is 3. The van der Waals surface area contributed by atoms with E-state index in [9.17, 15) is 4.79 Å². The molecule has 16 heavy (non-hydrogen) atoms. The first-order valence-corrected chi connectivity index (χ1v) is 5.48. The van der Waals surface area contributed by atoms with Crippen LogP contribution in [-0.4, -0.2) is 20.7 Å². The summed E-state index contributed by atoms with van der Waals surface area (Å²) in [6.45, 7) is 2.42. The van der Waals surface area contributed by atoms with Crippen LogP contribution in [0.2, 0.25) is 0 Å². The van der Waals surface area contributed by atoms with E-state index >= 15 is 0 Å². The Labute approximate surface area is 95.9 Å². The van der Waals surface area contributed by atoms with E-state index in [0.717, 1.165) is 10.7 Å². The molecule has 0 spiro atoms. The Morgan fingerprint density at radius 3 is 2.88 bits per heavy atom. The Hall–Kier alpha value is -1.89. The highest BCUT2D eigenvalue weighted by Gasteiger charge is 2.11. The van der Waals surface area contributed by atoms with Gasteiger partial charge in [0.15, 0.2) is 5.69 Å². The molecule has 0 radical (unpaired) electrons. The van der Waals surface area contributed by atoms with Crippen LogP contribution in [0.25, 0.3) is 0 Å². The molecule has 2 aromatic rings. The van der Waals surface area contributed by atoms with Crippen LogP contribution in [0.4, 0.5) is 5.69 Å². The number of carbonyl (C=O) groups is 1. The second-order valence-electron chi connectivity index (χ2n) is 3.38. The van der Waals surface area contributed by atoms with Crippen molar-refractivity contribution in [3.05, 3.63) is 28.0 Å². The summed E-state index contributed by atoms with van der Waals surface area (Å²) in [5.74, 6) is -0.619. The average molecular weight is 237 g/mol. The number of nitrogen functional groups attached to an aromatic ring is 1. The van der Waals surface area contributed by atoms with E-state index in [-0.39, 0.29) is 5.69 Å². The largest absolute Gasteiger partial charge is 0.396 e. The maximum atomic E-state index is 10.9. The van der Waals surface area contributed by atoms with Gasteiger partial charge in [0.25, 0.3) is 5.91 Å². The summed E-state index contributed by atoms with van der Waals surface area (Å²) >= 11 is 1.54. The first-order chi connectivity index (χ1) is 7.56. The molecule has 0 aromatic carbocycles. The van der Waals surface area contributed by atoms with Gasteiger partial charge < -0.3 is 11.5 Å². The van der Waals surface area contributed by atoms with Crippen molar-refractivity contribution >= 4 is 22.9 Å². The van der Waals surface area contributed by atoms with Gasteiger partial charge in [-0.15, -0.1) is 11.3 Å². The van der Waals surface area contributed by atoms with Crippen LogP contribution in [0, 0.1) is 6.92 Å². The molecule has 7 heteroatoms. The highest BCUT2D eigenvalue weighted by atomic mass is 32.1. The summed E-state index contributed by atoms with van der Waals surface area (Å²) in [6.07, 6.45) is 1.58. The van der Waals surface area contributed by atoms with Crippen molar-refractivity contribution in [3.8, 4) is 0 Å². The smallest absolute Gasteiger partial charge is 0.271 e. The van der Waals surface area contributed by atoms with Gasteiger partial charge in [-0.3, -0.25) is 9.48 Å². The number of primary amides is 1. The Balaban J connectivity index is 2.22. The minimum atomic E-state index is -0.619. The van der Waals surface area contributed by atoms with Crippen molar-refractivity contribution in [1.82, 2.24) is 14.8 Å². The summed E-state index contributed by atoms with van der Waals surface area (Å²) < 4.78 is 1.56. The molecule has 2 heterocycles. The van der Waals surface area contributed by atoms with Crippen LogP contribution in [0.1, 0.15) is 21.2 Å². The third kappa shape index (κ3) is 2.03. The fourth-order valence-electron chi connectivity index (χ4n) is 1.32. The number of thiazole rings is 1. The Kier molecular flexibility index (Phi) is 2.61. The molecule has 0 saturated heterocycles. The molecule has 0 bridgehead atoms. The Morgan fingerprint density at radius 2 is 2.38 bits per heavy atom. The molecule has 0 aliphatic heterocycles. The van der Waals surface area contributed by atoms with Crippen molar-refractivity contribution in [2.75, 3.05) is 5.73 Å². The molecular formula is C9H11N5OS. The normalized spacial score (nSPS) is 10.6. The van der Waals surface area contributed by atoms with Gasteiger partial charge in [0.05, 0.1) is 12.2 Å². The molecule has 4 N–H and O–H groups in total. The number of aromatic nitrogens is 3. The minimum absolute atomic E-state index is 0.105. The average Bonchev–Trinajstić information content (AvgIpc) is 2.73. The van der Waals surface area contributed by atoms with Crippen molar-refractivity contribution < 1.29 is 4.79 Å². The minimum Gasteiger partial charge on any atom is -0.396 e. The first-order valence-electron chi connectivity index (χ1n) is 4.60. The van der Waals surface area contributed by atoms with Crippen LogP contribution < -0.4 is 11.5 Å². The number of aryl methyl sites for hydroxylation is 1. The molecule has 2 rings (SSSR count). The van der Waals surface area contributed by atoms with E-state index in [1.165, 1.54) is 11.3 Å². The van der Waals surface area contributed by atoms with Crippen LogP contribution in [0.5, 0.6) is 0 Å². The van der Waals surface area contributed by atoms with Gasteiger partial charge in [-0.2, -0.15) is 5.10 Å². The topological polar surface area (TPSA) is 99.8 Å². The van der Waals surface area contributed by atoms with Crippen LogP contribution in [0.3, 0.4) is 0 Å². The highest BCUT2D eigenvalue weighted by Crippen LogP contribution is 2.13. The molecule has 0 atom stereocenters. The number of rotatable bonds is 3. The van der Waals surface area contributed by atoms with Gasteiger partial charge in [-0.1, -0.05) is 0 Å². The zero-order valence-corrected chi connectivity index (χ0v) is 9.49. The summed E-state index contributed by atoms with van der Waals surface area (Å²) in [7, 11) is 0. The number of hydrogen-bond acceptors (Lipinski definition) is 5. The van der Waals surface area contributed by atoms with Crippen molar-refractivity contribution in [3.63, 3.8) is 0 Å². The molecule has 0 aliphatic rings. The van der Waals surface area contributed by atoms with Crippen LogP contribution in [0.15, 0.2) is 11.6 Å². The Bertz CT molecular complexity index is 530. The predicted octanol–water partition coefficient (Wildman–Crippen LogP) is 0.377. The molecule has 84 valence electrons. The molecule has 6 nitrogen and oxygen atoms in total. The predicted molar refractivity (Wildman–Crippen MR) is 61.1 cm³/mol. The Morgan fingerprint density at radius 1 is 1.62 bits per heavy atom. The first kappa shape index (κ1) is 10.6. The maximum absolute atomic E-state index is 10.9. The van der Waals surface area contributed by atoms with Crippen LogP contribution in [-0.2, 0) is 6.54 Å². The molecule has 0 aliphatic carbocycles. The SMILES string of the molecule is Cc1csc(Cn2cc(N)c(C(N)=O)n2)n1. The molecular weight excluding hydrogens is 226 g/mol. The monoisotopic (exact) mass is 237 g/mol. The quantitative estimate of drug-likeness (QED) is 0.805. The van der Waals surface area contributed by atoms with Gasteiger partial charge in [0, 0.05) is 17.3 Å². The van der Waals surface area contributed by atoms with Gasteiger partial charge in [-0.25, -0.2) is 4.98 Å². The zero-order chi connectivity index (χ0) is 11.7. The summed E-state index contributed by atoms with van der Waals surface area (Å²) in [5.41, 5.74) is 12.1. The van der Waals surface area contributed by atoms with Crippen molar-refractivity contribution in [2.45, 2.75) is 13.5 Å². The lowest BCUT2D eigenvalue weighted by molar-refractivity contribution is 0.0995. The maximum Gasteiger partial charge on any atom is 0.271 e. The van der Waals surface area contributed by atoms with E-state index in [1.807, 2.05) is 12.3 Å². The third-order valence-corrected chi connectivity index (χ3v) is 2.94. The lowest BCUT2D eigenvalue weighted by Gasteiger charge is -1.95. The van der Waals surface area contributed by atoms with E-state index in [0.29, 0.717) is 12.2 Å². The van der Waals surface area contributed by atoms with Gasteiger partial charge >= 0.3 is 0 Å².